The lowest BCUT2D eigenvalue weighted by Gasteiger charge is -2.48. The fraction of sp³-hybridized carbons (Fsp3) is 0.545. The van der Waals surface area contributed by atoms with Crippen LogP contribution < -0.4 is 0 Å². The topological polar surface area (TPSA) is 62.2 Å². The summed E-state index contributed by atoms with van der Waals surface area (Å²) >= 11 is 0. The molecular formula is C22H29N5O. The van der Waals surface area contributed by atoms with Crippen LogP contribution in [0.25, 0.3) is 0 Å². The van der Waals surface area contributed by atoms with Gasteiger partial charge in [-0.1, -0.05) is 6.92 Å². The van der Waals surface area contributed by atoms with Crippen molar-refractivity contribution in [3.05, 3.63) is 53.9 Å². The molecule has 0 N–H and O–H groups in total. The van der Waals surface area contributed by atoms with Crippen LogP contribution in [0.1, 0.15) is 49.6 Å². The lowest BCUT2D eigenvalue weighted by molar-refractivity contribution is -0.140. The molecule has 6 heteroatoms. The summed E-state index contributed by atoms with van der Waals surface area (Å²) in [4.78, 5) is 30.1. The third-order valence-electron chi connectivity index (χ3n) is 6.09. The maximum atomic E-state index is 12.5. The molecule has 2 saturated heterocycles. The second-order valence-corrected chi connectivity index (χ2v) is 8.28. The van der Waals surface area contributed by atoms with Crippen molar-refractivity contribution >= 4 is 5.91 Å². The molecule has 0 saturated carbocycles. The zero-order chi connectivity index (χ0) is 19.4. The predicted octanol–water partition coefficient (Wildman–Crippen LogP) is 2.84. The molecule has 0 unspecified atom stereocenters. The van der Waals surface area contributed by atoms with Crippen LogP contribution in [0.4, 0.5) is 0 Å². The molecule has 4 rings (SSSR count). The molecule has 148 valence electrons. The molecule has 0 radical (unpaired) electrons. The molecule has 2 aliphatic rings. The summed E-state index contributed by atoms with van der Waals surface area (Å²) in [6, 6.07) is 4.00. The first-order valence-corrected chi connectivity index (χ1v) is 10.3. The molecule has 2 fully saturated rings. The molecular weight excluding hydrogens is 350 g/mol. The van der Waals surface area contributed by atoms with Crippen LogP contribution >= 0.6 is 0 Å². The van der Waals surface area contributed by atoms with Crippen molar-refractivity contribution in [3.63, 3.8) is 0 Å². The molecule has 2 aliphatic heterocycles. The molecule has 4 heterocycles. The highest BCUT2D eigenvalue weighted by atomic mass is 16.2. The minimum atomic E-state index is 0.212. The number of carbonyl (C=O) groups is 1. The minimum absolute atomic E-state index is 0.212. The number of hydrogen-bond acceptors (Lipinski definition) is 5. The Hall–Kier alpha value is -2.34. The third kappa shape index (κ3) is 4.38. The molecule has 28 heavy (non-hydrogen) atoms. The van der Waals surface area contributed by atoms with E-state index in [0.717, 1.165) is 50.4 Å². The molecule has 0 aromatic carbocycles. The number of carbonyl (C=O) groups excluding carboxylic acids is 1. The van der Waals surface area contributed by atoms with Gasteiger partial charge in [-0.25, -0.2) is 9.97 Å². The lowest BCUT2D eigenvalue weighted by atomic mass is 9.73. The van der Waals surface area contributed by atoms with Gasteiger partial charge in [0.15, 0.2) is 0 Å². The normalized spacial score (nSPS) is 23.3. The summed E-state index contributed by atoms with van der Waals surface area (Å²) < 4.78 is 0. The van der Waals surface area contributed by atoms with Crippen molar-refractivity contribution in [1.82, 2.24) is 24.8 Å². The Morgan fingerprint density at radius 1 is 1.04 bits per heavy atom. The summed E-state index contributed by atoms with van der Waals surface area (Å²) in [5, 5.41) is 0. The summed E-state index contributed by atoms with van der Waals surface area (Å²) in [5.74, 6) is 1.18. The van der Waals surface area contributed by atoms with Gasteiger partial charge in [-0.2, -0.15) is 0 Å². The van der Waals surface area contributed by atoms with E-state index >= 15 is 0 Å². The maximum absolute atomic E-state index is 12.5. The molecule has 6 nitrogen and oxygen atoms in total. The highest BCUT2D eigenvalue weighted by Crippen LogP contribution is 2.39. The fourth-order valence-corrected chi connectivity index (χ4v) is 4.64. The van der Waals surface area contributed by atoms with Crippen molar-refractivity contribution in [2.75, 3.05) is 19.6 Å². The van der Waals surface area contributed by atoms with Crippen molar-refractivity contribution < 1.29 is 4.79 Å². The van der Waals surface area contributed by atoms with Crippen LogP contribution in [0.15, 0.2) is 36.9 Å². The molecule has 0 aliphatic carbocycles. The lowest BCUT2D eigenvalue weighted by Crippen LogP contribution is -2.53. The van der Waals surface area contributed by atoms with Gasteiger partial charge in [0.1, 0.15) is 5.82 Å². The highest BCUT2D eigenvalue weighted by Gasteiger charge is 2.41. The minimum Gasteiger partial charge on any atom is -0.338 e. The van der Waals surface area contributed by atoms with E-state index in [1.54, 1.807) is 12.4 Å². The van der Waals surface area contributed by atoms with Gasteiger partial charge >= 0.3 is 0 Å². The van der Waals surface area contributed by atoms with Crippen LogP contribution in [0.3, 0.4) is 0 Å². The van der Waals surface area contributed by atoms with Gasteiger partial charge in [0.05, 0.1) is 0 Å². The summed E-state index contributed by atoms with van der Waals surface area (Å²) in [6.07, 6.45) is 12.4. The van der Waals surface area contributed by atoms with Crippen LogP contribution in [-0.2, 0) is 24.3 Å². The number of aromatic nitrogens is 3. The number of aryl methyl sites for hydroxylation is 1. The number of rotatable bonds is 5. The van der Waals surface area contributed by atoms with Gasteiger partial charge in [0.25, 0.3) is 0 Å². The van der Waals surface area contributed by atoms with Gasteiger partial charge in [-0.15, -0.1) is 0 Å². The van der Waals surface area contributed by atoms with Crippen molar-refractivity contribution in [1.29, 1.82) is 0 Å². The number of pyridine rings is 1. The van der Waals surface area contributed by atoms with Crippen LogP contribution in [0.2, 0.25) is 0 Å². The zero-order valence-electron chi connectivity index (χ0n) is 16.7. The van der Waals surface area contributed by atoms with Crippen LogP contribution in [-0.4, -0.2) is 50.3 Å². The zero-order valence-corrected chi connectivity index (χ0v) is 16.7. The van der Waals surface area contributed by atoms with E-state index < -0.39 is 0 Å². The predicted molar refractivity (Wildman–Crippen MR) is 107 cm³/mol. The van der Waals surface area contributed by atoms with Crippen molar-refractivity contribution in [2.24, 2.45) is 5.41 Å². The SMILES string of the molecule is CCc1ncc(CN2CCC[C@]3(CCC(=O)N(Cc4ccncc4)C3)C2)cn1. The standard InChI is InChI=1S/C22H29N5O/c1-2-20-24-12-19(13-25-20)14-26-11-3-7-22(16-26)8-4-21(28)27(17-22)15-18-5-9-23-10-6-18/h5-6,9-10,12-13H,2-4,7-8,11,14-17H2,1H3/t22-/m0/s1. The summed E-state index contributed by atoms with van der Waals surface area (Å²) in [5.41, 5.74) is 2.54. The average molecular weight is 380 g/mol. The Labute approximate surface area is 167 Å². The quantitative estimate of drug-likeness (QED) is 0.799. The van der Waals surface area contributed by atoms with Gasteiger partial charge in [0, 0.05) is 74.8 Å². The van der Waals surface area contributed by atoms with E-state index in [1.807, 2.05) is 24.5 Å². The fourth-order valence-electron chi connectivity index (χ4n) is 4.64. The molecule has 2 aromatic heterocycles. The number of likely N-dealkylation sites (tertiary alicyclic amines) is 2. The molecule has 1 amide bonds. The van der Waals surface area contributed by atoms with Gasteiger partial charge in [0.2, 0.25) is 5.91 Å². The molecule has 2 aromatic rings. The number of amides is 1. The second-order valence-electron chi connectivity index (χ2n) is 8.28. The average Bonchev–Trinajstić information content (AvgIpc) is 2.72. The third-order valence-corrected chi connectivity index (χ3v) is 6.09. The second kappa shape index (κ2) is 8.35. The Kier molecular flexibility index (Phi) is 5.67. The van der Waals surface area contributed by atoms with E-state index in [1.165, 1.54) is 18.4 Å². The Morgan fingerprint density at radius 2 is 1.82 bits per heavy atom. The number of piperidine rings is 2. The van der Waals surface area contributed by atoms with Gasteiger partial charge in [-0.3, -0.25) is 14.7 Å². The van der Waals surface area contributed by atoms with E-state index in [2.05, 4.69) is 31.7 Å². The first kappa shape index (κ1) is 19.0. The Morgan fingerprint density at radius 3 is 2.57 bits per heavy atom. The summed E-state index contributed by atoms with van der Waals surface area (Å²) in [6.45, 7) is 6.67. The molecule has 1 spiro atoms. The monoisotopic (exact) mass is 379 g/mol. The summed E-state index contributed by atoms with van der Waals surface area (Å²) in [7, 11) is 0. The molecule has 1 atom stereocenters. The Balaban J connectivity index is 1.42. The largest absolute Gasteiger partial charge is 0.338 e. The van der Waals surface area contributed by atoms with Crippen LogP contribution in [0.5, 0.6) is 0 Å². The van der Waals surface area contributed by atoms with E-state index in [0.29, 0.717) is 13.0 Å². The smallest absolute Gasteiger partial charge is 0.222 e. The van der Waals surface area contributed by atoms with E-state index in [9.17, 15) is 4.79 Å². The first-order chi connectivity index (χ1) is 13.7. The highest BCUT2D eigenvalue weighted by molar-refractivity contribution is 5.77. The number of nitrogens with zero attached hydrogens (tertiary/aromatic N) is 5. The number of hydrogen-bond donors (Lipinski definition) is 0. The van der Waals surface area contributed by atoms with E-state index in [4.69, 9.17) is 0 Å². The van der Waals surface area contributed by atoms with Crippen molar-refractivity contribution in [2.45, 2.75) is 52.1 Å². The first-order valence-electron chi connectivity index (χ1n) is 10.3. The van der Waals surface area contributed by atoms with Crippen LogP contribution in [0, 0.1) is 5.41 Å². The van der Waals surface area contributed by atoms with E-state index in [-0.39, 0.29) is 11.3 Å². The van der Waals surface area contributed by atoms with Gasteiger partial charge in [-0.05, 0) is 43.5 Å². The molecule has 0 bridgehead atoms. The Bertz CT molecular complexity index is 794. The van der Waals surface area contributed by atoms with Gasteiger partial charge < -0.3 is 4.90 Å². The van der Waals surface area contributed by atoms with Crippen molar-refractivity contribution in [3.8, 4) is 0 Å². The maximum Gasteiger partial charge on any atom is 0.222 e.